The number of nitrogens with zero attached hydrogens (tertiary/aromatic N) is 2. The average molecular weight is 326 g/mol. The first-order valence-corrected chi connectivity index (χ1v) is 9.05. The molecule has 1 saturated heterocycles. The van der Waals surface area contributed by atoms with Crippen molar-refractivity contribution in [3.8, 4) is 0 Å². The summed E-state index contributed by atoms with van der Waals surface area (Å²) in [6.45, 7) is 6.92. The molecule has 2 fully saturated rings. The average Bonchev–Trinajstić information content (AvgIpc) is 3.13. The summed E-state index contributed by atoms with van der Waals surface area (Å²) in [7, 11) is 0. The molecule has 2 heterocycles. The number of piperidine rings is 1. The summed E-state index contributed by atoms with van der Waals surface area (Å²) in [4.78, 5) is 17.3. The lowest BCUT2D eigenvalue weighted by Crippen LogP contribution is -2.34. The number of rotatable bonds is 4. The fraction of sp³-hybridized carbons (Fsp3) is 0.579. The van der Waals surface area contributed by atoms with E-state index in [0.29, 0.717) is 12.6 Å². The Hall–Kier alpha value is -1.88. The first-order valence-electron chi connectivity index (χ1n) is 9.05. The molecule has 24 heavy (non-hydrogen) atoms. The summed E-state index contributed by atoms with van der Waals surface area (Å²) in [5, 5.41) is 6.53. The predicted molar refractivity (Wildman–Crippen MR) is 94.6 cm³/mol. The van der Waals surface area contributed by atoms with Crippen LogP contribution in [0.3, 0.4) is 0 Å². The zero-order valence-electron chi connectivity index (χ0n) is 14.5. The number of hydrogen-bond donors (Lipinski definition) is 2. The Balaban J connectivity index is 1.47. The molecule has 2 aliphatic rings. The molecule has 1 atom stereocenters. The van der Waals surface area contributed by atoms with Crippen LogP contribution in [-0.4, -0.2) is 28.5 Å². The van der Waals surface area contributed by atoms with Gasteiger partial charge in [-0.05, 0) is 63.7 Å². The quantitative estimate of drug-likeness (QED) is 0.908. The molecule has 0 bridgehead atoms. The number of fused-ring (bicyclic) bond motifs is 1. The Bertz CT molecular complexity index is 758. The van der Waals surface area contributed by atoms with Gasteiger partial charge in [0.05, 0.1) is 17.6 Å². The molecule has 1 aliphatic heterocycles. The highest BCUT2D eigenvalue weighted by molar-refractivity contribution is 5.82. The minimum atomic E-state index is 0.205. The Kier molecular flexibility index (Phi) is 3.83. The first kappa shape index (κ1) is 15.6. The highest BCUT2D eigenvalue weighted by Crippen LogP contribution is 2.58. The van der Waals surface area contributed by atoms with E-state index >= 15 is 0 Å². The summed E-state index contributed by atoms with van der Waals surface area (Å²) < 4.78 is 2.23. The van der Waals surface area contributed by atoms with Crippen molar-refractivity contribution in [2.75, 3.05) is 13.1 Å². The molecule has 1 saturated carbocycles. The van der Waals surface area contributed by atoms with Crippen LogP contribution in [-0.2, 0) is 11.3 Å². The molecule has 0 radical (unpaired) electrons. The SMILES string of the molecule is CC(C)n1c(CNC(=O)C2CC23CCNCC3)nc2ccccc21. The van der Waals surface area contributed by atoms with E-state index in [1.54, 1.807) is 0 Å². The van der Waals surface area contributed by atoms with Crippen LogP contribution in [0.2, 0.25) is 0 Å². The molecule has 5 nitrogen and oxygen atoms in total. The maximum Gasteiger partial charge on any atom is 0.224 e. The molecule has 1 unspecified atom stereocenters. The molecule has 4 rings (SSSR count). The number of para-hydroxylation sites is 2. The number of amides is 1. The Morgan fingerprint density at radius 1 is 1.38 bits per heavy atom. The van der Waals surface area contributed by atoms with Gasteiger partial charge in [-0.25, -0.2) is 4.98 Å². The number of nitrogens with one attached hydrogen (secondary N) is 2. The Morgan fingerprint density at radius 3 is 2.88 bits per heavy atom. The van der Waals surface area contributed by atoms with E-state index < -0.39 is 0 Å². The van der Waals surface area contributed by atoms with Gasteiger partial charge in [-0.15, -0.1) is 0 Å². The molecule has 1 aromatic heterocycles. The van der Waals surface area contributed by atoms with E-state index in [4.69, 9.17) is 4.98 Å². The van der Waals surface area contributed by atoms with E-state index in [2.05, 4.69) is 35.1 Å². The third-order valence-corrected chi connectivity index (χ3v) is 5.71. The maximum atomic E-state index is 12.6. The molecular weight excluding hydrogens is 300 g/mol. The van der Waals surface area contributed by atoms with Gasteiger partial charge in [-0.1, -0.05) is 12.1 Å². The van der Waals surface area contributed by atoms with Crippen LogP contribution in [0, 0.1) is 11.3 Å². The number of aromatic nitrogens is 2. The van der Waals surface area contributed by atoms with Gasteiger partial charge in [-0.3, -0.25) is 4.79 Å². The molecule has 2 aromatic rings. The monoisotopic (exact) mass is 326 g/mol. The molecule has 2 N–H and O–H groups in total. The maximum absolute atomic E-state index is 12.6. The normalized spacial score (nSPS) is 22.2. The number of carbonyl (C=O) groups is 1. The van der Waals surface area contributed by atoms with Crippen molar-refractivity contribution in [1.29, 1.82) is 0 Å². The van der Waals surface area contributed by atoms with Crippen LogP contribution in [0.25, 0.3) is 11.0 Å². The van der Waals surface area contributed by atoms with E-state index in [1.807, 2.05) is 18.2 Å². The molecule has 1 aromatic carbocycles. The summed E-state index contributed by atoms with van der Waals surface area (Å²) in [6, 6.07) is 8.49. The van der Waals surface area contributed by atoms with E-state index in [-0.39, 0.29) is 17.2 Å². The highest BCUT2D eigenvalue weighted by atomic mass is 16.2. The number of imidazole rings is 1. The van der Waals surface area contributed by atoms with Crippen molar-refractivity contribution in [2.24, 2.45) is 11.3 Å². The van der Waals surface area contributed by atoms with Crippen LogP contribution in [0.1, 0.15) is 45.0 Å². The summed E-state index contributed by atoms with van der Waals surface area (Å²) in [6.07, 6.45) is 3.33. The molecular formula is C19H26N4O. The Labute approximate surface area is 142 Å². The minimum absolute atomic E-state index is 0.205. The number of hydrogen-bond acceptors (Lipinski definition) is 3. The summed E-state index contributed by atoms with van der Waals surface area (Å²) >= 11 is 0. The Morgan fingerprint density at radius 2 is 2.12 bits per heavy atom. The van der Waals surface area contributed by atoms with E-state index in [9.17, 15) is 4.79 Å². The van der Waals surface area contributed by atoms with Gasteiger partial charge < -0.3 is 15.2 Å². The lowest BCUT2D eigenvalue weighted by atomic mass is 9.92. The van der Waals surface area contributed by atoms with Gasteiger partial charge in [0.1, 0.15) is 5.82 Å². The molecule has 1 aliphatic carbocycles. The summed E-state index contributed by atoms with van der Waals surface area (Å²) in [5.74, 6) is 1.36. The lowest BCUT2D eigenvalue weighted by Gasteiger charge is -2.23. The van der Waals surface area contributed by atoms with Crippen LogP contribution in [0.15, 0.2) is 24.3 Å². The predicted octanol–water partition coefficient (Wildman–Crippen LogP) is 2.62. The van der Waals surface area contributed by atoms with Gasteiger partial charge >= 0.3 is 0 Å². The van der Waals surface area contributed by atoms with Gasteiger partial charge in [0.15, 0.2) is 0 Å². The largest absolute Gasteiger partial charge is 0.349 e. The zero-order chi connectivity index (χ0) is 16.7. The van der Waals surface area contributed by atoms with Crippen molar-refractivity contribution >= 4 is 16.9 Å². The van der Waals surface area contributed by atoms with Crippen molar-refractivity contribution in [1.82, 2.24) is 20.2 Å². The summed E-state index contributed by atoms with van der Waals surface area (Å²) in [5.41, 5.74) is 2.42. The fourth-order valence-electron chi connectivity index (χ4n) is 4.28. The van der Waals surface area contributed by atoms with Crippen LogP contribution < -0.4 is 10.6 Å². The van der Waals surface area contributed by atoms with Crippen molar-refractivity contribution in [3.63, 3.8) is 0 Å². The topological polar surface area (TPSA) is 59.0 Å². The lowest BCUT2D eigenvalue weighted by molar-refractivity contribution is -0.123. The third-order valence-electron chi connectivity index (χ3n) is 5.71. The van der Waals surface area contributed by atoms with Crippen molar-refractivity contribution < 1.29 is 4.79 Å². The van der Waals surface area contributed by atoms with Crippen LogP contribution in [0.5, 0.6) is 0 Å². The smallest absolute Gasteiger partial charge is 0.224 e. The minimum Gasteiger partial charge on any atom is -0.349 e. The van der Waals surface area contributed by atoms with E-state index in [0.717, 1.165) is 49.2 Å². The molecule has 1 spiro atoms. The van der Waals surface area contributed by atoms with Crippen molar-refractivity contribution in [3.05, 3.63) is 30.1 Å². The van der Waals surface area contributed by atoms with Gasteiger partial charge in [0.25, 0.3) is 0 Å². The molecule has 5 heteroatoms. The fourth-order valence-corrected chi connectivity index (χ4v) is 4.28. The van der Waals surface area contributed by atoms with Gasteiger partial charge in [0, 0.05) is 12.0 Å². The molecule has 1 amide bonds. The second kappa shape index (κ2) is 5.88. The second-order valence-corrected chi connectivity index (χ2v) is 7.57. The van der Waals surface area contributed by atoms with Gasteiger partial charge in [0.2, 0.25) is 5.91 Å². The third kappa shape index (κ3) is 2.61. The van der Waals surface area contributed by atoms with Crippen molar-refractivity contribution in [2.45, 2.75) is 45.7 Å². The first-order chi connectivity index (χ1) is 11.6. The molecule has 128 valence electrons. The van der Waals surface area contributed by atoms with Gasteiger partial charge in [-0.2, -0.15) is 0 Å². The van der Waals surface area contributed by atoms with E-state index in [1.165, 1.54) is 0 Å². The standard InChI is InChI=1S/C19H26N4O/c1-13(2)23-16-6-4-3-5-15(16)22-17(23)12-21-18(24)14-11-19(14)7-9-20-10-8-19/h3-6,13-14,20H,7-12H2,1-2H3,(H,21,24). The van der Waals surface area contributed by atoms with Crippen LogP contribution in [0.4, 0.5) is 0 Å². The number of benzene rings is 1. The second-order valence-electron chi connectivity index (χ2n) is 7.57. The zero-order valence-corrected chi connectivity index (χ0v) is 14.5. The van der Waals surface area contributed by atoms with Crippen LogP contribution >= 0.6 is 0 Å². The highest BCUT2D eigenvalue weighted by Gasteiger charge is 2.57. The number of carbonyl (C=O) groups excluding carboxylic acids is 1.